The molecule has 0 spiro atoms. The van der Waals surface area contributed by atoms with Gasteiger partial charge in [-0.05, 0) is 171 Å². The monoisotopic (exact) mass is 1040 g/mol. The maximum Gasteiger partial charge on any atom is 0.264 e. The molecule has 0 saturated heterocycles. The molecule has 1 aromatic heterocycles. The van der Waals surface area contributed by atoms with Gasteiger partial charge < -0.3 is 9.80 Å². The summed E-state index contributed by atoms with van der Waals surface area (Å²) in [6.07, 6.45) is 1.03. The lowest BCUT2D eigenvalue weighted by Gasteiger charge is -2.44. The van der Waals surface area contributed by atoms with Gasteiger partial charge in [-0.1, -0.05) is 220 Å². The van der Waals surface area contributed by atoms with Crippen LogP contribution in [-0.4, -0.2) is 6.71 Å². The standard InChI is InChI=1S/C75H65BN2S/c1-10-75(8,9)52-34-40-66-64(45-52)76-70-67(77(71-63-44-51(74(5,6)7)35-41-69(63)79-72(71)76)53-36-38-54(47-22-13-11-14-23-47)60(46-53)48-24-15-12-16-25-48)30-21-31-68(70)78(66)65-39-33-50(73(2,3)4)43-61(65)49-32-37-59-57-28-18-17-26-55(57)56-27-19-20-29-58(56)62(59)42-49/h11-46H,10H2,1-9H3. The lowest BCUT2D eigenvalue weighted by Crippen LogP contribution is -2.60. The van der Waals surface area contributed by atoms with E-state index in [2.05, 4.69) is 291 Å². The van der Waals surface area contributed by atoms with E-state index in [1.165, 1.54) is 137 Å². The number of nitrogens with zero attached hydrogens (tertiary/aromatic N) is 2. The largest absolute Gasteiger partial charge is 0.311 e. The summed E-state index contributed by atoms with van der Waals surface area (Å²) in [5.41, 5.74) is 21.1. The Bertz CT molecular complexity index is 4380. The number of hydrogen-bond acceptors (Lipinski definition) is 3. The summed E-state index contributed by atoms with van der Waals surface area (Å²) in [5, 5.41) is 9.01. The van der Waals surface area contributed by atoms with Gasteiger partial charge in [0, 0.05) is 43.2 Å². The fraction of sp³-hybridized carbons (Fsp3) is 0.173. The molecule has 12 aromatic rings. The molecule has 11 aromatic carbocycles. The Labute approximate surface area is 470 Å². The number of benzene rings is 11. The molecule has 384 valence electrons. The first-order chi connectivity index (χ1) is 38.2. The Morgan fingerprint density at radius 2 is 0.937 bits per heavy atom. The zero-order chi connectivity index (χ0) is 54.1. The Kier molecular flexibility index (Phi) is 11.3. The van der Waals surface area contributed by atoms with E-state index < -0.39 is 0 Å². The second kappa shape index (κ2) is 18.2. The van der Waals surface area contributed by atoms with Gasteiger partial charge in [0.05, 0.1) is 11.4 Å². The third-order valence-corrected chi connectivity index (χ3v) is 18.9. The minimum Gasteiger partial charge on any atom is -0.311 e. The average Bonchev–Trinajstić information content (AvgIpc) is 2.57. The Balaban J connectivity index is 1.07. The molecule has 14 rings (SSSR count). The van der Waals surface area contributed by atoms with Crippen LogP contribution < -0.4 is 25.5 Å². The van der Waals surface area contributed by atoms with Crippen LogP contribution in [0.2, 0.25) is 0 Å². The van der Waals surface area contributed by atoms with E-state index in [1.807, 2.05) is 11.3 Å². The van der Waals surface area contributed by atoms with Crippen molar-refractivity contribution in [1.29, 1.82) is 0 Å². The maximum absolute atomic E-state index is 2.64. The predicted octanol–water partition coefficient (Wildman–Crippen LogP) is 19.7. The topological polar surface area (TPSA) is 6.48 Å². The lowest BCUT2D eigenvalue weighted by atomic mass is 9.36. The minimum atomic E-state index is -0.0793. The number of hydrogen-bond donors (Lipinski definition) is 0. The predicted molar refractivity (Wildman–Crippen MR) is 345 cm³/mol. The maximum atomic E-state index is 2.64. The van der Waals surface area contributed by atoms with E-state index in [0.717, 1.165) is 12.1 Å². The van der Waals surface area contributed by atoms with Crippen molar-refractivity contribution in [3.05, 3.63) is 235 Å². The molecule has 79 heavy (non-hydrogen) atoms. The Morgan fingerprint density at radius 3 is 1.58 bits per heavy atom. The van der Waals surface area contributed by atoms with Gasteiger partial charge in [-0.25, -0.2) is 0 Å². The molecule has 0 unspecified atom stereocenters. The molecule has 0 amide bonds. The first kappa shape index (κ1) is 49.1. The van der Waals surface area contributed by atoms with Crippen LogP contribution >= 0.6 is 11.3 Å². The van der Waals surface area contributed by atoms with Gasteiger partial charge in [-0.3, -0.25) is 0 Å². The van der Waals surface area contributed by atoms with Crippen molar-refractivity contribution in [3.63, 3.8) is 0 Å². The highest BCUT2D eigenvalue weighted by Gasteiger charge is 2.46. The van der Waals surface area contributed by atoms with E-state index >= 15 is 0 Å². The molecule has 4 heteroatoms. The second-order valence-corrected chi connectivity index (χ2v) is 26.0. The van der Waals surface area contributed by atoms with Gasteiger partial charge in [-0.15, -0.1) is 11.3 Å². The van der Waals surface area contributed by atoms with E-state index in [0.29, 0.717) is 0 Å². The highest BCUT2D eigenvalue weighted by Crippen LogP contribution is 2.52. The van der Waals surface area contributed by atoms with E-state index in [-0.39, 0.29) is 23.0 Å². The van der Waals surface area contributed by atoms with Crippen molar-refractivity contribution in [1.82, 2.24) is 0 Å². The van der Waals surface area contributed by atoms with E-state index in [4.69, 9.17) is 0 Å². The van der Waals surface area contributed by atoms with Gasteiger partial charge in [0.25, 0.3) is 6.71 Å². The van der Waals surface area contributed by atoms with Crippen LogP contribution in [0.5, 0.6) is 0 Å². The van der Waals surface area contributed by atoms with Crippen molar-refractivity contribution >= 4 is 110 Å². The van der Waals surface area contributed by atoms with Crippen molar-refractivity contribution in [2.75, 3.05) is 9.80 Å². The molecular weight excluding hydrogens is 972 g/mol. The third-order valence-electron chi connectivity index (χ3n) is 17.7. The van der Waals surface area contributed by atoms with Crippen LogP contribution in [0.25, 0.3) is 75.8 Å². The summed E-state index contributed by atoms with van der Waals surface area (Å²) in [6, 6.07) is 83.4. The van der Waals surface area contributed by atoms with Gasteiger partial charge in [-0.2, -0.15) is 0 Å². The summed E-state index contributed by atoms with van der Waals surface area (Å²) in [6.45, 7) is 21.2. The fourth-order valence-corrected chi connectivity index (χ4v) is 14.2. The first-order valence-corrected chi connectivity index (χ1v) is 29.2. The second-order valence-electron chi connectivity index (χ2n) is 24.9. The van der Waals surface area contributed by atoms with Gasteiger partial charge in [0.1, 0.15) is 0 Å². The fourth-order valence-electron chi connectivity index (χ4n) is 12.9. The molecule has 0 fully saturated rings. The molecule has 0 radical (unpaired) electrons. The third kappa shape index (κ3) is 7.89. The Hall–Kier alpha value is -8.18. The summed E-state index contributed by atoms with van der Waals surface area (Å²) in [7, 11) is 0. The number of rotatable bonds is 7. The number of anilines is 6. The van der Waals surface area contributed by atoms with Crippen LogP contribution in [0, 0.1) is 0 Å². The molecule has 0 bridgehead atoms. The van der Waals surface area contributed by atoms with Crippen molar-refractivity contribution in [2.45, 2.75) is 85.0 Å². The average molecular weight is 1040 g/mol. The summed E-state index contributed by atoms with van der Waals surface area (Å²) < 4.78 is 2.70. The SMILES string of the molecule is CCC(C)(C)c1ccc2c(c1)B1c3sc4ccc(C(C)(C)C)cc4c3N(c3ccc(-c4ccccc4)c(-c4ccccc4)c3)c3cccc(c31)N2c1ccc(C(C)(C)C)cc1-c1ccc2c3ccccc3c3ccccc3c2c1. The highest BCUT2D eigenvalue weighted by atomic mass is 32.1. The van der Waals surface area contributed by atoms with Crippen LogP contribution in [0.15, 0.2) is 218 Å². The molecular formula is C75H65BN2S. The quantitative estimate of drug-likeness (QED) is 0.116. The number of fused-ring (bicyclic) bond motifs is 12. The molecule has 0 N–H and O–H groups in total. The molecule has 0 saturated carbocycles. The molecule has 2 nitrogen and oxygen atoms in total. The molecule has 2 aliphatic rings. The minimum absolute atomic E-state index is 0.0124. The smallest absolute Gasteiger partial charge is 0.264 e. The molecule has 3 heterocycles. The summed E-state index contributed by atoms with van der Waals surface area (Å²) in [5.74, 6) is 0. The van der Waals surface area contributed by atoms with Crippen molar-refractivity contribution < 1.29 is 0 Å². The lowest BCUT2D eigenvalue weighted by molar-refractivity contribution is 0.506. The van der Waals surface area contributed by atoms with Crippen LogP contribution in [-0.2, 0) is 16.2 Å². The van der Waals surface area contributed by atoms with Crippen LogP contribution in [0.3, 0.4) is 0 Å². The molecule has 2 aliphatic heterocycles. The van der Waals surface area contributed by atoms with E-state index in [9.17, 15) is 0 Å². The van der Waals surface area contributed by atoms with Crippen molar-refractivity contribution in [3.8, 4) is 33.4 Å². The van der Waals surface area contributed by atoms with Crippen LogP contribution in [0.4, 0.5) is 34.1 Å². The molecule has 0 atom stereocenters. The van der Waals surface area contributed by atoms with Gasteiger partial charge in [0.15, 0.2) is 0 Å². The summed E-state index contributed by atoms with van der Waals surface area (Å²) in [4.78, 5) is 5.28. The van der Waals surface area contributed by atoms with E-state index in [1.54, 1.807) is 0 Å². The molecule has 0 aliphatic carbocycles. The highest BCUT2D eigenvalue weighted by molar-refractivity contribution is 7.33. The zero-order valence-electron chi connectivity index (χ0n) is 46.9. The van der Waals surface area contributed by atoms with Crippen molar-refractivity contribution in [2.24, 2.45) is 0 Å². The normalized spacial score (nSPS) is 13.4. The number of thiophene rings is 1. The van der Waals surface area contributed by atoms with Gasteiger partial charge >= 0.3 is 0 Å². The van der Waals surface area contributed by atoms with Crippen LogP contribution in [0.1, 0.15) is 85.4 Å². The summed E-state index contributed by atoms with van der Waals surface area (Å²) >= 11 is 1.98. The zero-order valence-corrected chi connectivity index (χ0v) is 47.7. The first-order valence-electron chi connectivity index (χ1n) is 28.3. The van der Waals surface area contributed by atoms with Gasteiger partial charge in [0.2, 0.25) is 0 Å². The Morgan fingerprint density at radius 1 is 0.380 bits per heavy atom.